The third-order valence-electron chi connectivity index (χ3n) is 1.82. The molecule has 0 heterocycles. The maximum absolute atomic E-state index is 11.0. The molecule has 0 aromatic heterocycles. The van der Waals surface area contributed by atoms with Crippen molar-refractivity contribution in [1.82, 2.24) is 10.9 Å². The molecule has 1 aromatic rings. The molecule has 0 aliphatic heterocycles. The minimum absolute atomic E-state index is 0.143. The zero-order valence-corrected chi connectivity index (χ0v) is 12.2. The van der Waals surface area contributed by atoms with E-state index in [1.165, 1.54) is 0 Å². The first-order valence-electron chi connectivity index (χ1n) is 4.83. The maximum Gasteiger partial charge on any atom is 0.238 e. The van der Waals surface area contributed by atoms with E-state index < -0.39 is 0 Å². The van der Waals surface area contributed by atoms with Crippen molar-refractivity contribution in [2.75, 3.05) is 5.32 Å². The molecule has 4 nitrogen and oxygen atoms in total. The van der Waals surface area contributed by atoms with Crippen LogP contribution in [0.15, 0.2) is 22.7 Å². The molecule has 17 heavy (non-hydrogen) atoms. The lowest BCUT2D eigenvalue weighted by molar-refractivity contribution is -0.121. The third-order valence-corrected chi connectivity index (χ3v) is 2.83. The molecule has 0 radical (unpaired) electrons. The van der Waals surface area contributed by atoms with Crippen LogP contribution < -0.4 is 16.2 Å². The van der Waals surface area contributed by atoms with Crippen LogP contribution in [0.4, 0.5) is 5.69 Å². The van der Waals surface area contributed by atoms with E-state index in [9.17, 15) is 4.79 Å². The van der Waals surface area contributed by atoms with E-state index in [1.807, 2.05) is 6.07 Å². The number of nitrogens with one attached hydrogen (secondary N) is 3. The van der Waals surface area contributed by atoms with Gasteiger partial charge in [-0.1, -0.05) is 34.5 Å². The highest BCUT2D eigenvalue weighted by atomic mass is 79.9. The van der Waals surface area contributed by atoms with Crippen LogP contribution in [-0.2, 0) is 4.79 Å². The Morgan fingerprint density at radius 1 is 1.47 bits per heavy atom. The molecule has 1 amide bonds. The van der Waals surface area contributed by atoms with Crippen molar-refractivity contribution in [2.24, 2.45) is 0 Å². The standard InChI is InChI=1S/C10H11BrClN3OS/c1-2-9(16)14-15-10(17)13-8-4-3-6(11)5-7(8)12/h3-5H,2H2,1H3,(H,14,16)(H2,13,15,17). The first-order valence-corrected chi connectivity index (χ1v) is 6.41. The summed E-state index contributed by atoms with van der Waals surface area (Å²) >= 11 is 14.3. The van der Waals surface area contributed by atoms with Gasteiger partial charge in [0, 0.05) is 10.9 Å². The average molecular weight is 337 g/mol. The Morgan fingerprint density at radius 2 is 2.18 bits per heavy atom. The molecule has 0 atom stereocenters. The monoisotopic (exact) mass is 335 g/mol. The van der Waals surface area contributed by atoms with Gasteiger partial charge in [-0.25, -0.2) is 0 Å². The molecular weight excluding hydrogens is 326 g/mol. The van der Waals surface area contributed by atoms with Crippen LogP contribution in [0.2, 0.25) is 5.02 Å². The van der Waals surface area contributed by atoms with Gasteiger partial charge in [0.1, 0.15) is 0 Å². The summed E-state index contributed by atoms with van der Waals surface area (Å²) in [4.78, 5) is 11.0. The largest absolute Gasteiger partial charge is 0.330 e. The molecule has 0 aliphatic rings. The van der Waals surface area contributed by atoms with Crippen LogP contribution in [-0.4, -0.2) is 11.0 Å². The summed E-state index contributed by atoms with van der Waals surface area (Å²) in [6.45, 7) is 1.75. The summed E-state index contributed by atoms with van der Waals surface area (Å²) in [6, 6.07) is 5.36. The van der Waals surface area contributed by atoms with Gasteiger partial charge in [-0.05, 0) is 30.4 Å². The molecule has 1 aromatic carbocycles. The van der Waals surface area contributed by atoms with E-state index in [2.05, 4.69) is 32.1 Å². The minimum atomic E-state index is -0.143. The third kappa shape index (κ3) is 4.89. The Morgan fingerprint density at radius 3 is 2.76 bits per heavy atom. The van der Waals surface area contributed by atoms with E-state index in [-0.39, 0.29) is 11.0 Å². The first kappa shape index (κ1) is 14.2. The SMILES string of the molecule is CCC(=O)NNC(=S)Nc1ccc(Br)cc1Cl. The van der Waals surface area contributed by atoms with E-state index in [4.69, 9.17) is 23.8 Å². The smallest absolute Gasteiger partial charge is 0.238 e. The zero-order valence-electron chi connectivity index (χ0n) is 9.01. The molecular formula is C10H11BrClN3OS. The molecule has 0 saturated carbocycles. The van der Waals surface area contributed by atoms with Crippen LogP contribution in [0.3, 0.4) is 0 Å². The number of benzene rings is 1. The molecule has 0 fully saturated rings. The number of hydrogen-bond donors (Lipinski definition) is 3. The Labute approximate surface area is 118 Å². The van der Waals surface area contributed by atoms with Crippen LogP contribution in [0.25, 0.3) is 0 Å². The lowest BCUT2D eigenvalue weighted by Gasteiger charge is -2.12. The second-order valence-electron chi connectivity index (χ2n) is 3.11. The molecule has 0 aliphatic carbocycles. The summed E-state index contributed by atoms with van der Waals surface area (Å²) in [6.07, 6.45) is 0.384. The highest BCUT2D eigenvalue weighted by Gasteiger charge is 2.03. The summed E-state index contributed by atoms with van der Waals surface area (Å²) < 4.78 is 0.881. The van der Waals surface area contributed by atoms with E-state index in [0.29, 0.717) is 17.1 Å². The van der Waals surface area contributed by atoms with Crippen LogP contribution in [0, 0.1) is 0 Å². The fourth-order valence-electron chi connectivity index (χ4n) is 0.959. The Balaban J connectivity index is 2.53. The van der Waals surface area contributed by atoms with Crippen molar-refractivity contribution in [3.63, 3.8) is 0 Å². The molecule has 0 saturated heterocycles. The van der Waals surface area contributed by atoms with E-state index >= 15 is 0 Å². The predicted molar refractivity (Wildman–Crippen MR) is 76.9 cm³/mol. The molecule has 0 unspecified atom stereocenters. The van der Waals surface area contributed by atoms with Gasteiger partial charge < -0.3 is 5.32 Å². The number of anilines is 1. The van der Waals surface area contributed by atoms with Gasteiger partial charge in [-0.3, -0.25) is 15.6 Å². The fraction of sp³-hybridized carbons (Fsp3) is 0.200. The quantitative estimate of drug-likeness (QED) is 0.574. The first-order chi connectivity index (χ1) is 8.02. The van der Waals surface area contributed by atoms with E-state index in [0.717, 1.165) is 4.47 Å². The highest BCUT2D eigenvalue weighted by Crippen LogP contribution is 2.25. The second kappa shape index (κ2) is 6.78. The van der Waals surface area contributed by atoms with Crippen molar-refractivity contribution >= 4 is 56.5 Å². The Kier molecular flexibility index (Phi) is 5.67. The normalized spacial score (nSPS) is 9.59. The number of rotatable bonds is 2. The number of carbonyl (C=O) groups excluding carboxylic acids is 1. The van der Waals surface area contributed by atoms with E-state index in [1.54, 1.807) is 19.1 Å². The van der Waals surface area contributed by atoms with Gasteiger partial charge in [-0.2, -0.15) is 0 Å². The second-order valence-corrected chi connectivity index (χ2v) is 4.84. The fourth-order valence-corrected chi connectivity index (χ4v) is 1.84. The summed E-state index contributed by atoms with van der Waals surface area (Å²) in [5.74, 6) is -0.143. The van der Waals surface area contributed by atoms with Crippen molar-refractivity contribution in [3.8, 4) is 0 Å². The van der Waals surface area contributed by atoms with Gasteiger partial charge in [0.05, 0.1) is 10.7 Å². The molecule has 0 spiro atoms. The van der Waals surface area contributed by atoms with Gasteiger partial charge in [-0.15, -0.1) is 0 Å². The van der Waals surface area contributed by atoms with Crippen molar-refractivity contribution < 1.29 is 4.79 Å². The summed E-state index contributed by atoms with van der Waals surface area (Å²) in [5, 5.41) is 3.68. The minimum Gasteiger partial charge on any atom is -0.330 e. The molecule has 0 bridgehead atoms. The topological polar surface area (TPSA) is 53.2 Å². The molecule has 7 heteroatoms. The number of thiocarbonyl (C=S) groups is 1. The van der Waals surface area contributed by atoms with Crippen LogP contribution >= 0.6 is 39.7 Å². The van der Waals surface area contributed by atoms with Gasteiger partial charge in [0.2, 0.25) is 5.91 Å². The van der Waals surface area contributed by atoms with Gasteiger partial charge in [0.15, 0.2) is 5.11 Å². The maximum atomic E-state index is 11.0. The number of hydrogen-bond acceptors (Lipinski definition) is 2. The number of hydrazine groups is 1. The molecule has 92 valence electrons. The summed E-state index contributed by atoms with van der Waals surface area (Å²) in [7, 11) is 0. The average Bonchev–Trinajstić information content (AvgIpc) is 2.29. The lowest BCUT2D eigenvalue weighted by Crippen LogP contribution is -2.43. The Hall–Kier alpha value is -0.850. The van der Waals surface area contributed by atoms with Gasteiger partial charge >= 0.3 is 0 Å². The van der Waals surface area contributed by atoms with Crippen LogP contribution in [0.5, 0.6) is 0 Å². The number of amides is 1. The zero-order chi connectivity index (χ0) is 12.8. The predicted octanol–water partition coefficient (Wildman–Crippen LogP) is 2.83. The van der Waals surface area contributed by atoms with Crippen LogP contribution in [0.1, 0.15) is 13.3 Å². The number of carbonyl (C=O) groups is 1. The van der Waals surface area contributed by atoms with Crippen molar-refractivity contribution in [1.29, 1.82) is 0 Å². The molecule has 3 N–H and O–H groups in total. The van der Waals surface area contributed by atoms with Gasteiger partial charge in [0.25, 0.3) is 0 Å². The van der Waals surface area contributed by atoms with Crippen molar-refractivity contribution in [3.05, 3.63) is 27.7 Å². The number of halogens is 2. The lowest BCUT2D eigenvalue weighted by atomic mass is 10.3. The Bertz CT molecular complexity index is 442. The highest BCUT2D eigenvalue weighted by molar-refractivity contribution is 9.10. The van der Waals surface area contributed by atoms with Crippen molar-refractivity contribution in [2.45, 2.75) is 13.3 Å². The molecule has 1 rings (SSSR count). The summed E-state index contributed by atoms with van der Waals surface area (Å²) in [5.41, 5.74) is 5.68.